The van der Waals surface area contributed by atoms with E-state index in [1.54, 1.807) is 24.3 Å². The minimum absolute atomic E-state index is 0.131. The lowest BCUT2D eigenvalue weighted by Crippen LogP contribution is -2.37. The molecule has 2 rings (SSSR count). The van der Waals surface area contributed by atoms with Crippen LogP contribution in [0.2, 0.25) is 0 Å². The van der Waals surface area contributed by atoms with Crippen molar-refractivity contribution in [1.29, 1.82) is 0 Å². The first-order chi connectivity index (χ1) is 9.99. The molecule has 0 heterocycles. The van der Waals surface area contributed by atoms with Crippen LogP contribution in [0.4, 0.5) is 0 Å². The van der Waals surface area contributed by atoms with E-state index in [4.69, 9.17) is 4.74 Å². The maximum absolute atomic E-state index is 12.1. The van der Waals surface area contributed by atoms with Gasteiger partial charge in [0.2, 0.25) is 0 Å². The molecule has 21 heavy (non-hydrogen) atoms. The summed E-state index contributed by atoms with van der Waals surface area (Å²) in [6.07, 6.45) is 2.96. The van der Waals surface area contributed by atoms with E-state index in [1.165, 1.54) is 6.42 Å². The highest BCUT2D eigenvalue weighted by Gasteiger charge is 2.34. The molecule has 0 aromatic heterocycles. The average Bonchev–Trinajstić information content (AvgIpc) is 2.47. The normalized spacial score (nSPS) is 25.6. The van der Waals surface area contributed by atoms with Gasteiger partial charge in [-0.3, -0.25) is 4.79 Å². The molecule has 0 radical (unpaired) electrons. The molecular weight excluding hydrogens is 264 g/mol. The van der Waals surface area contributed by atoms with Gasteiger partial charge < -0.3 is 4.74 Å². The highest BCUT2D eigenvalue weighted by atomic mass is 16.5. The molecule has 1 saturated carbocycles. The second kappa shape index (κ2) is 6.88. The van der Waals surface area contributed by atoms with Crippen LogP contribution >= 0.6 is 0 Å². The number of esters is 1. The molecule has 1 fully saturated rings. The number of carbonyl (C=O) groups excluding carboxylic acids is 2. The quantitative estimate of drug-likeness (QED) is 0.480. The van der Waals surface area contributed by atoms with E-state index in [0.717, 1.165) is 12.8 Å². The van der Waals surface area contributed by atoms with Gasteiger partial charge in [-0.15, -0.1) is 0 Å². The Balaban J connectivity index is 2.04. The van der Waals surface area contributed by atoms with Crippen LogP contribution in [0.15, 0.2) is 30.3 Å². The van der Waals surface area contributed by atoms with Crippen LogP contribution < -0.4 is 0 Å². The van der Waals surface area contributed by atoms with Gasteiger partial charge in [0.1, 0.15) is 6.10 Å². The fraction of sp³-hybridized carbons (Fsp3) is 0.556. The number of benzene rings is 1. The third kappa shape index (κ3) is 3.93. The van der Waals surface area contributed by atoms with Crippen molar-refractivity contribution in [2.75, 3.05) is 0 Å². The molecule has 0 amide bonds. The second-order valence-corrected chi connectivity index (χ2v) is 6.47. The van der Waals surface area contributed by atoms with E-state index < -0.39 is 11.8 Å². The number of Topliss-reactive ketones (excluding diaryl/α,β-unsaturated/α-hetero) is 1. The summed E-state index contributed by atoms with van der Waals surface area (Å²) in [4.78, 5) is 24.2. The van der Waals surface area contributed by atoms with Crippen LogP contribution in [0.5, 0.6) is 0 Å². The molecule has 0 unspecified atom stereocenters. The summed E-state index contributed by atoms with van der Waals surface area (Å²) in [6.45, 7) is 6.48. The molecule has 3 heteroatoms. The Labute approximate surface area is 126 Å². The van der Waals surface area contributed by atoms with Crippen LogP contribution in [0.1, 0.15) is 50.4 Å². The Morgan fingerprint density at radius 3 is 2.43 bits per heavy atom. The zero-order valence-electron chi connectivity index (χ0n) is 13.0. The summed E-state index contributed by atoms with van der Waals surface area (Å²) in [5, 5.41) is 0. The molecular formula is C18H24O3. The number of hydrogen-bond donors (Lipinski definition) is 0. The third-order valence-electron chi connectivity index (χ3n) is 4.44. The van der Waals surface area contributed by atoms with E-state index >= 15 is 0 Å². The maximum Gasteiger partial charge on any atom is 0.379 e. The van der Waals surface area contributed by atoms with Crippen LogP contribution in [0, 0.1) is 17.8 Å². The molecule has 3 nitrogen and oxygen atoms in total. The molecule has 3 atom stereocenters. The molecule has 0 saturated heterocycles. The first-order valence-electron chi connectivity index (χ1n) is 7.79. The molecule has 1 aromatic rings. The SMILES string of the molecule is CC(C)[C@@H]1CC[C@@H](C)C[C@@H]1OC(=O)C(=O)c1ccccc1. The molecule has 0 spiro atoms. The van der Waals surface area contributed by atoms with Gasteiger partial charge in [-0.25, -0.2) is 4.79 Å². The van der Waals surface area contributed by atoms with Crippen LogP contribution in [0.3, 0.4) is 0 Å². The van der Waals surface area contributed by atoms with Crippen molar-refractivity contribution in [3.8, 4) is 0 Å². The fourth-order valence-electron chi connectivity index (χ4n) is 3.15. The zero-order valence-corrected chi connectivity index (χ0v) is 13.0. The predicted octanol–water partition coefficient (Wildman–Crippen LogP) is 3.87. The largest absolute Gasteiger partial charge is 0.456 e. The zero-order chi connectivity index (χ0) is 15.4. The highest BCUT2D eigenvalue weighted by molar-refractivity contribution is 6.40. The van der Waals surface area contributed by atoms with Gasteiger partial charge in [0.15, 0.2) is 0 Å². The second-order valence-electron chi connectivity index (χ2n) is 6.47. The lowest BCUT2D eigenvalue weighted by Gasteiger charge is -2.36. The van der Waals surface area contributed by atoms with Crippen molar-refractivity contribution < 1.29 is 14.3 Å². The number of hydrogen-bond acceptors (Lipinski definition) is 3. The summed E-state index contributed by atoms with van der Waals surface area (Å²) in [5.41, 5.74) is 0.396. The molecule has 0 bridgehead atoms. The molecule has 1 aliphatic carbocycles. The Hall–Kier alpha value is -1.64. The molecule has 1 aliphatic rings. The van der Waals surface area contributed by atoms with Crippen LogP contribution in [-0.2, 0) is 9.53 Å². The van der Waals surface area contributed by atoms with Gasteiger partial charge in [0.25, 0.3) is 5.78 Å². The van der Waals surface area contributed by atoms with Crippen LogP contribution in [0.25, 0.3) is 0 Å². The van der Waals surface area contributed by atoms with E-state index in [2.05, 4.69) is 20.8 Å². The van der Waals surface area contributed by atoms with Crippen molar-refractivity contribution in [2.24, 2.45) is 17.8 Å². The van der Waals surface area contributed by atoms with E-state index in [0.29, 0.717) is 23.3 Å². The Kier molecular flexibility index (Phi) is 5.16. The standard InChI is InChI=1S/C18H24O3/c1-12(2)15-10-9-13(3)11-16(15)21-18(20)17(19)14-7-5-4-6-8-14/h4-8,12-13,15-16H,9-11H2,1-3H3/t13-,15+,16+/m1/s1. The monoisotopic (exact) mass is 288 g/mol. The third-order valence-corrected chi connectivity index (χ3v) is 4.44. The van der Waals surface area contributed by atoms with Crippen molar-refractivity contribution in [3.63, 3.8) is 0 Å². The van der Waals surface area contributed by atoms with Gasteiger partial charge >= 0.3 is 5.97 Å². The molecule has 1 aromatic carbocycles. The van der Waals surface area contributed by atoms with Crippen molar-refractivity contribution in [1.82, 2.24) is 0 Å². The van der Waals surface area contributed by atoms with Crippen molar-refractivity contribution in [2.45, 2.75) is 46.1 Å². The molecule has 0 aliphatic heterocycles. The number of rotatable bonds is 4. The lowest BCUT2D eigenvalue weighted by molar-refractivity contribution is -0.149. The maximum atomic E-state index is 12.1. The van der Waals surface area contributed by atoms with Gasteiger partial charge in [0.05, 0.1) is 0 Å². The number of carbonyl (C=O) groups is 2. The Bertz CT molecular complexity index is 492. The van der Waals surface area contributed by atoms with E-state index in [-0.39, 0.29) is 6.10 Å². The summed E-state index contributed by atoms with van der Waals surface area (Å²) < 4.78 is 5.56. The number of ketones is 1. The Morgan fingerprint density at radius 2 is 1.81 bits per heavy atom. The first-order valence-corrected chi connectivity index (χ1v) is 7.79. The van der Waals surface area contributed by atoms with Crippen molar-refractivity contribution >= 4 is 11.8 Å². The minimum Gasteiger partial charge on any atom is -0.456 e. The van der Waals surface area contributed by atoms with E-state index in [1.807, 2.05) is 6.07 Å². The lowest BCUT2D eigenvalue weighted by atomic mass is 9.75. The average molecular weight is 288 g/mol. The summed E-state index contributed by atoms with van der Waals surface area (Å²) >= 11 is 0. The van der Waals surface area contributed by atoms with Gasteiger partial charge in [-0.1, -0.05) is 57.5 Å². The summed E-state index contributed by atoms with van der Waals surface area (Å²) in [6, 6.07) is 8.61. The Morgan fingerprint density at radius 1 is 1.14 bits per heavy atom. The molecule has 0 N–H and O–H groups in total. The van der Waals surface area contributed by atoms with Gasteiger partial charge in [-0.2, -0.15) is 0 Å². The summed E-state index contributed by atoms with van der Waals surface area (Å²) in [5.74, 6) is 0.0998. The van der Waals surface area contributed by atoms with Crippen LogP contribution in [-0.4, -0.2) is 17.9 Å². The first kappa shape index (κ1) is 15.7. The van der Waals surface area contributed by atoms with Gasteiger partial charge in [-0.05, 0) is 30.6 Å². The number of ether oxygens (including phenoxy) is 1. The predicted molar refractivity (Wildman–Crippen MR) is 82.0 cm³/mol. The fourth-order valence-corrected chi connectivity index (χ4v) is 3.15. The van der Waals surface area contributed by atoms with Gasteiger partial charge in [0, 0.05) is 5.56 Å². The molecule has 114 valence electrons. The van der Waals surface area contributed by atoms with E-state index in [9.17, 15) is 9.59 Å². The highest BCUT2D eigenvalue weighted by Crippen LogP contribution is 2.35. The van der Waals surface area contributed by atoms with Crippen molar-refractivity contribution in [3.05, 3.63) is 35.9 Å². The topological polar surface area (TPSA) is 43.4 Å². The minimum atomic E-state index is -0.717. The summed E-state index contributed by atoms with van der Waals surface area (Å²) in [7, 11) is 0. The smallest absolute Gasteiger partial charge is 0.379 e.